The molecule has 0 unspecified atom stereocenters. The van der Waals surface area contributed by atoms with Crippen LogP contribution in [0.3, 0.4) is 0 Å². The summed E-state index contributed by atoms with van der Waals surface area (Å²) < 4.78 is 5.43. The quantitative estimate of drug-likeness (QED) is 0.918. The number of nitrogens with zero attached hydrogens (tertiary/aromatic N) is 3. The molecule has 0 bridgehead atoms. The number of H-pyrrole nitrogens is 1. The number of halogens is 1. The van der Waals surface area contributed by atoms with Gasteiger partial charge in [0.15, 0.2) is 0 Å². The Balaban J connectivity index is 1.54. The maximum atomic E-state index is 6.10. The summed E-state index contributed by atoms with van der Waals surface area (Å²) in [6.07, 6.45) is 3.63. The average molecular weight is 321 g/mol. The lowest BCUT2D eigenvalue weighted by atomic mass is 10.1. The lowest BCUT2D eigenvalue weighted by molar-refractivity contribution is 0.120. The van der Waals surface area contributed by atoms with E-state index in [1.807, 2.05) is 24.4 Å². The van der Waals surface area contributed by atoms with Crippen LogP contribution >= 0.6 is 11.6 Å². The second kappa shape index (κ2) is 7.13. The number of imidazole rings is 1. The molecule has 1 saturated heterocycles. The fourth-order valence-electron chi connectivity index (χ4n) is 2.83. The Bertz CT molecular complexity index is 594. The van der Waals surface area contributed by atoms with Crippen LogP contribution in [0.1, 0.15) is 11.3 Å². The van der Waals surface area contributed by atoms with Crippen LogP contribution in [0.15, 0.2) is 30.7 Å². The Kier molecular flexibility index (Phi) is 4.97. The molecule has 0 atom stereocenters. The lowest BCUT2D eigenvalue weighted by Gasteiger charge is -2.34. The van der Waals surface area contributed by atoms with E-state index in [4.69, 9.17) is 16.3 Å². The van der Waals surface area contributed by atoms with Gasteiger partial charge in [-0.25, -0.2) is 4.98 Å². The summed E-state index contributed by atoms with van der Waals surface area (Å²) >= 11 is 6.10. The molecule has 6 heteroatoms. The minimum atomic E-state index is 0.758. The fraction of sp³-hybridized carbons (Fsp3) is 0.438. The zero-order valence-electron chi connectivity index (χ0n) is 12.8. The van der Waals surface area contributed by atoms with E-state index in [-0.39, 0.29) is 0 Å². The minimum Gasteiger partial charge on any atom is -0.496 e. The lowest BCUT2D eigenvalue weighted by Crippen LogP contribution is -2.45. The molecular weight excluding hydrogens is 300 g/mol. The number of rotatable bonds is 5. The molecule has 0 aliphatic carbocycles. The molecular formula is C16H21ClN4O. The smallest absolute Gasteiger partial charge is 0.123 e. The van der Waals surface area contributed by atoms with Gasteiger partial charge in [0.2, 0.25) is 0 Å². The molecule has 1 fully saturated rings. The molecule has 0 amide bonds. The molecule has 0 radical (unpaired) electrons. The molecule has 1 N–H and O–H groups in total. The molecule has 3 rings (SSSR count). The molecule has 1 aromatic carbocycles. The van der Waals surface area contributed by atoms with Crippen molar-refractivity contribution in [3.63, 3.8) is 0 Å². The number of piperazine rings is 1. The van der Waals surface area contributed by atoms with Gasteiger partial charge in [-0.3, -0.25) is 9.80 Å². The third-order valence-electron chi connectivity index (χ3n) is 4.05. The van der Waals surface area contributed by atoms with Crippen molar-refractivity contribution in [2.45, 2.75) is 13.1 Å². The van der Waals surface area contributed by atoms with Crippen LogP contribution in [0.5, 0.6) is 5.75 Å². The van der Waals surface area contributed by atoms with Gasteiger partial charge in [-0.15, -0.1) is 0 Å². The van der Waals surface area contributed by atoms with E-state index in [0.29, 0.717) is 0 Å². The van der Waals surface area contributed by atoms with Crippen LogP contribution in [0.4, 0.5) is 0 Å². The molecule has 1 aliphatic rings. The van der Waals surface area contributed by atoms with Crippen molar-refractivity contribution in [2.24, 2.45) is 0 Å². The van der Waals surface area contributed by atoms with E-state index in [1.165, 1.54) is 5.69 Å². The highest BCUT2D eigenvalue weighted by Gasteiger charge is 2.18. The van der Waals surface area contributed by atoms with E-state index < -0.39 is 0 Å². The van der Waals surface area contributed by atoms with Crippen molar-refractivity contribution in [2.75, 3.05) is 33.3 Å². The molecule has 2 heterocycles. The van der Waals surface area contributed by atoms with Crippen molar-refractivity contribution >= 4 is 11.6 Å². The van der Waals surface area contributed by atoms with Gasteiger partial charge >= 0.3 is 0 Å². The number of hydrogen-bond donors (Lipinski definition) is 1. The average Bonchev–Trinajstić information content (AvgIpc) is 3.02. The van der Waals surface area contributed by atoms with Crippen molar-refractivity contribution in [1.29, 1.82) is 0 Å². The van der Waals surface area contributed by atoms with E-state index >= 15 is 0 Å². The van der Waals surface area contributed by atoms with Gasteiger partial charge in [-0.1, -0.05) is 11.6 Å². The number of nitrogens with one attached hydrogen (secondary N) is 1. The molecule has 5 nitrogen and oxygen atoms in total. The summed E-state index contributed by atoms with van der Waals surface area (Å²) in [5, 5.41) is 0.758. The van der Waals surface area contributed by atoms with Crippen LogP contribution < -0.4 is 4.74 Å². The highest BCUT2D eigenvalue weighted by molar-refractivity contribution is 6.30. The summed E-state index contributed by atoms with van der Waals surface area (Å²) in [5.74, 6) is 0.907. The Morgan fingerprint density at radius 2 is 1.91 bits per heavy atom. The third kappa shape index (κ3) is 3.80. The molecule has 0 spiro atoms. The minimum absolute atomic E-state index is 0.758. The van der Waals surface area contributed by atoms with Crippen LogP contribution in [-0.4, -0.2) is 53.1 Å². The number of hydrogen-bond acceptors (Lipinski definition) is 4. The zero-order chi connectivity index (χ0) is 15.4. The number of benzene rings is 1. The third-order valence-corrected chi connectivity index (χ3v) is 4.29. The van der Waals surface area contributed by atoms with Crippen LogP contribution in [0, 0.1) is 0 Å². The molecule has 2 aromatic rings. The Hall–Kier alpha value is -1.56. The Labute approximate surface area is 135 Å². The van der Waals surface area contributed by atoms with E-state index in [1.54, 1.807) is 13.4 Å². The fourth-order valence-corrected chi connectivity index (χ4v) is 3.02. The number of aromatic amines is 1. The summed E-state index contributed by atoms with van der Waals surface area (Å²) in [4.78, 5) is 12.1. The molecule has 1 aliphatic heterocycles. The predicted molar refractivity (Wildman–Crippen MR) is 87.1 cm³/mol. The van der Waals surface area contributed by atoms with Crippen LogP contribution in [-0.2, 0) is 13.1 Å². The second-order valence-corrected chi connectivity index (χ2v) is 6.02. The molecule has 0 saturated carbocycles. The van der Waals surface area contributed by atoms with Gasteiger partial charge in [-0.05, 0) is 18.2 Å². The van der Waals surface area contributed by atoms with Crippen LogP contribution in [0.2, 0.25) is 5.02 Å². The van der Waals surface area contributed by atoms with Gasteiger partial charge in [0, 0.05) is 61.7 Å². The van der Waals surface area contributed by atoms with Crippen molar-refractivity contribution in [3.8, 4) is 5.75 Å². The first kappa shape index (κ1) is 15.3. The Morgan fingerprint density at radius 3 is 2.55 bits per heavy atom. The molecule has 118 valence electrons. The van der Waals surface area contributed by atoms with Gasteiger partial charge in [-0.2, -0.15) is 0 Å². The maximum absolute atomic E-state index is 6.10. The maximum Gasteiger partial charge on any atom is 0.123 e. The first-order valence-corrected chi connectivity index (χ1v) is 7.87. The second-order valence-electron chi connectivity index (χ2n) is 5.59. The summed E-state index contributed by atoms with van der Waals surface area (Å²) in [5.41, 5.74) is 2.32. The van der Waals surface area contributed by atoms with E-state index in [0.717, 1.165) is 55.6 Å². The monoisotopic (exact) mass is 320 g/mol. The van der Waals surface area contributed by atoms with Gasteiger partial charge in [0.25, 0.3) is 0 Å². The van der Waals surface area contributed by atoms with Crippen molar-refractivity contribution in [3.05, 3.63) is 47.0 Å². The van der Waals surface area contributed by atoms with Crippen molar-refractivity contribution in [1.82, 2.24) is 19.8 Å². The zero-order valence-corrected chi connectivity index (χ0v) is 13.5. The van der Waals surface area contributed by atoms with Gasteiger partial charge in [0.05, 0.1) is 13.4 Å². The highest BCUT2D eigenvalue weighted by Crippen LogP contribution is 2.24. The van der Waals surface area contributed by atoms with Crippen molar-refractivity contribution < 1.29 is 4.74 Å². The Morgan fingerprint density at radius 1 is 1.18 bits per heavy atom. The van der Waals surface area contributed by atoms with Gasteiger partial charge in [0.1, 0.15) is 5.75 Å². The predicted octanol–water partition coefficient (Wildman–Crippen LogP) is 2.39. The standard InChI is InChI=1S/C16H21ClN4O/c1-22-16-3-2-14(17)8-13(16)10-20-4-6-21(7-5-20)11-15-9-18-12-19-15/h2-3,8-9,12H,4-7,10-11H2,1H3,(H,18,19). The number of ether oxygens (including phenoxy) is 1. The summed E-state index contributed by atoms with van der Waals surface area (Å²) in [7, 11) is 1.70. The van der Waals surface area contributed by atoms with Crippen LogP contribution in [0.25, 0.3) is 0 Å². The normalized spacial score (nSPS) is 16.8. The summed E-state index contributed by atoms with van der Waals surface area (Å²) in [6.45, 7) is 6.02. The summed E-state index contributed by atoms with van der Waals surface area (Å²) in [6, 6.07) is 5.80. The first-order valence-electron chi connectivity index (χ1n) is 7.49. The van der Waals surface area contributed by atoms with Gasteiger partial charge < -0.3 is 9.72 Å². The van der Waals surface area contributed by atoms with E-state index in [9.17, 15) is 0 Å². The van der Waals surface area contributed by atoms with E-state index in [2.05, 4.69) is 19.8 Å². The topological polar surface area (TPSA) is 44.4 Å². The highest BCUT2D eigenvalue weighted by atomic mass is 35.5. The molecule has 22 heavy (non-hydrogen) atoms. The molecule has 1 aromatic heterocycles. The number of methoxy groups -OCH3 is 1. The largest absolute Gasteiger partial charge is 0.496 e. The first-order chi connectivity index (χ1) is 10.7. The number of aromatic nitrogens is 2. The SMILES string of the molecule is COc1ccc(Cl)cc1CN1CCN(Cc2cnc[nH]2)CC1.